The minimum absolute atomic E-state index is 0.232. The molecule has 2 rings (SSSR count). The fraction of sp³-hybridized carbons (Fsp3) is 1.00. The Bertz CT molecular complexity index is 289. The van der Waals surface area contributed by atoms with Gasteiger partial charge in [0.1, 0.15) is 0 Å². The van der Waals surface area contributed by atoms with Crippen LogP contribution in [-0.2, 0) is 4.74 Å². The Labute approximate surface area is 130 Å². The molecule has 3 unspecified atom stereocenters. The van der Waals surface area contributed by atoms with Crippen molar-refractivity contribution in [2.45, 2.75) is 95.8 Å². The quantitative estimate of drug-likeness (QED) is 0.754. The molecule has 3 heteroatoms. The second kappa shape index (κ2) is 8.50. The molecule has 0 aromatic carbocycles. The molecule has 124 valence electrons. The van der Waals surface area contributed by atoms with Crippen LogP contribution >= 0.6 is 0 Å². The number of rotatable bonds is 7. The average Bonchev–Trinajstić information content (AvgIpc) is 2.52. The summed E-state index contributed by atoms with van der Waals surface area (Å²) >= 11 is 0. The summed E-state index contributed by atoms with van der Waals surface area (Å²) in [6, 6.07) is 0. The molecule has 2 saturated carbocycles. The van der Waals surface area contributed by atoms with E-state index in [1.165, 1.54) is 64.2 Å². The van der Waals surface area contributed by atoms with Gasteiger partial charge in [-0.2, -0.15) is 0 Å². The number of aliphatic hydroxyl groups is 1. The van der Waals surface area contributed by atoms with Crippen LogP contribution in [0.1, 0.15) is 78.1 Å². The number of ether oxygens (including phenoxy) is 1. The highest BCUT2D eigenvalue weighted by atomic mass is 16.5. The summed E-state index contributed by atoms with van der Waals surface area (Å²) in [5, 5.41) is 13.8. The Morgan fingerprint density at radius 1 is 1.14 bits per heavy atom. The molecule has 3 nitrogen and oxygen atoms in total. The first-order valence-electron chi connectivity index (χ1n) is 9.17. The van der Waals surface area contributed by atoms with E-state index in [0.717, 1.165) is 0 Å². The Morgan fingerprint density at radius 3 is 2.57 bits per heavy atom. The Hall–Kier alpha value is -0.120. The summed E-state index contributed by atoms with van der Waals surface area (Å²) in [7, 11) is 0. The second-order valence-electron chi connectivity index (χ2n) is 7.48. The number of β-amino-alcohol motifs (C(OH)–C–C–N with tert-alkyl or cyclic N) is 1. The molecule has 0 aromatic rings. The molecule has 2 N–H and O–H groups in total. The lowest BCUT2D eigenvalue weighted by atomic mass is 9.83. The molecule has 0 radical (unpaired) electrons. The minimum atomic E-state index is -0.372. The van der Waals surface area contributed by atoms with Crippen molar-refractivity contribution in [1.82, 2.24) is 5.32 Å². The first kappa shape index (κ1) is 17.2. The Balaban J connectivity index is 1.65. The zero-order valence-electron chi connectivity index (χ0n) is 14.1. The van der Waals surface area contributed by atoms with E-state index >= 15 is 0 Å². The molecule has 0 aliphatic heterocycles. The van der Waals surface area contributed by atoms with Crippen LogP contribution < -0.4 is 5.32 Å². The third-order valence-electron chi connectivity index (χ3n) is 5.59. The number of hydrogen-bond acceptors (Lipinski definition) is 3. The molecule has 0 heterocycles. The minimum Gasteiger partial charge on any atom is -0.389 e. The van der Waals surface area contributed by atoms with Crippen molar-refractivity contribution in [3.8, 4) is 0 Å². The second-order valence-corrected chi connectivity index (χ2v) is 7.48. The molecule has 0 bridgehead atoms. The molecule has 3 atom stereocenters. The molecule has 21 heavy (non-hydrogen) atoms. The lowest BCUT2D eigenvalue weighted by molar-refractivity contribution is -0.0514. The van der Waals surface area contributed by atoms with E-state index in [1.54, 1.807) is 0 Å². The summed E-state index contributed by atoms with van der Waals surface area (Å²) < 4.78 is 6.03. The maximum atomic E-state index is 10.2. The number of nitrogens with one attached hydrogen (secondary N) is 1. The molecule has 2 aliphatic carbocycles. The highest BCUT2D eigenvalue weighted by Crippen LogP contribution is 2.29. The summed E-state index contributed by atoms with van der Waals surface area (Å²) in [6.45, 7) is 5.71. The van der Waals surface area contributed by atoms with Gasteiger partial charge in [-0.25, -0.2) is 0 Å². The molecular formula is C18H35NO2. The molecule has 0 saturated heterocycles. The first-order chi connectivity index (χ1) is 10.1. The van der Waals surface area contributed by atoms with E-state index in [9.17, 15) is 5.11 Å². The topological polar surface area (TPSA) is 41.5 Å². The summed E-state index contributed by atoms with van der Waals surface area (Å²) in [5.41, 5.74) is 0.232. The van der Waals surface area contributed by atoms with Crippen molar-refractivity contribution in [3.63, 3.8) is 0 Å². The van der Waals surface area contributed by atoms with Gasteiger partial charge in [0.2, 0.25) is 0 Å². The van der Waals surface area contributed by atoms with Crippen LogP contribution in [0.3, 0.4) is 0 Å². The van der Waals surface area contributed by atoms with Crippen LogP contribution in [0.15, 0.2) is 0 Å². The van der Waals surface area contributed by atoms with E-state index in [1.807, 2.05) is 0 Å². The fourth-order valence-corrected chi connectivity index (χ4v) is 4.03. The van der Waals surface area contributed by atoms with Crippen molar-refractivity contribution in [2.75, 3.05) is 13.2 Å². The van der Waals surface area contributed by atoms with Crippen LogP contribution in [-0.4, -0.2) is 36.0 Å². The smallest absolute Gasteiger partial charge is 0.0898 e. The van der Waals surface area contributed by atoms with Gasteiger partial charge in [-0.05, 0) is 38.5 Å². The molecule has 2 fully saturated rings. The van der Waals surface area contributed by atoms with Crippen LogP contribution in [0.2, 0.25) is 0 Å². The third-order valence-corrected chi connectivity index (χ3v) is 5.59. The normalized spacial score (nSPS) is 31.0. The monoisotopic (exact) mass is 297 g/mol. The van der Waals surface area contributed by atoms with Crippen LogP contribution in [0, 0.1) is 5.92 Å². The zero-order chi connectivity index (χ0) is 15.1. The molecule has 0 amide bonds. The summed E-state index contributed by atoms with van der Waals surface area (Å²) in [6.07, 6.45) is 12.8. The Morgan fingerprint density at radius 2 is 1.86 bits per heavy atom. The summed E-state index contributed by atoms with van der Waals surface area (Å²) in [4.78, 5) is 0. The largest absolute Gasteiger partial charge is 0.389 e. The van der Waals surface area contributed by atoms with Crippen molar-refractivity contribution in [1.29, 1.82) is 0 Å². The van der Waals surface area contributed by atoms with E-state index in [4.69, 9.17) is 4.74 Å². The highest BCUT2D eigenvalue weighted by Gasteiger charge is 2.28. The molecular weight excluding hydrogens is 262 g/mol. The average molecular weight is 297 g/mol. The highest BCUT2D eigenvalue weighted by molar-refractivity contribution is 4.87. The first-order valence-corrected chi connectivity index (χ1v) is 9.17. The van der Waals surface area contributed by atoms with Crippen molar-refractivity contribution in [2.24, 2.45) is 5.92 Å². The van der Waals surface area contributed by atoms with Crippen LogP contribution in [0.5, 0.6) is 0 Å². The van der Waals surface area contributed by atoms with Gasteiger partial charge in [0.15, 0.2) is 0 Å². The lowest BCUT2D eigenvalue weighted by Crippen LogP contribution is -2.48. The van der Waals surface area contributed by atoms with Crippen LogP contribution in [0.25, 0.3) is 0 Å². The predicted molar refractivity (Wildman–Crippen MR) is 87.5 cm³/mol. The van der Waals surface area contributed by atoms with E-state index < -0.39 is 0 Å². The van der Waals surface area contributed by atoms with Crippen LogP contribution in [0.4, 0.5) is 0 Å². The molecule has 0 aromatic heterocycles. The summed E-state index contributed by atoms with van der Waals surface area (Å²) in [5.74, 6) is 0.703. The van der Waals surface area contributed by atoms with Crippen molar-refractivity contribution in [3.05, 3.63) is 0 Å². The van der Waals surface area contributed by atoms with Gasteiger partial charge in [0.05, 0.1) is 18.8 Å². The van der Waals surface area contributed by atoms with Gasteiger partial charge in [-0.3, -0.25) is 0 Å². The van der Waals surface area contributed by atoms with E-state index in [0.29, 0.717) is 25.2 Å². The maximum absolute atomic E-state index is 10.2. The van der Waals surface area contributed by atoms with Gasteiger partial charge in [-0.15, -0.1) is 0 Å². The van der Waals surface area contributed by atoms with Crippen molar-refractivity contribution < 1.29 is 9.84 Å². The van der Waals surface area contributed by atoms with Crippen molar-refractivity contribution >= 4 is 0 Å². The van der Waals surface area contributed by atoms with E-state index in [-0.39, 0.29) is 11.6 Å². The van der Waals surface area contributed by atoms with Gasteiger partial charge < -0.3 is 15.2 Å². The predicted octanol–water partition coefficient (Wildman–Crippen LogP) is 3.65. The maximum Gasteiger partial charge on any atom is 0.0898 e. The SMILES string of the molecule is CCC1CCCCC1OCC(O)CNC1(C)CCCCC1. The van der Waals surface area contributed by atoms with E-state index in [2.05, 4.69) is 19.2 Å². The number of hydrogen-bond donors (Lipinski definition) is 2. The Kier molecular flexibility index (Phi) is 6.97. The third kappa shape index (κ3) is 5.54. The molecule has 2 aliphatic rings. The lowest BCUT2D eigenvalue weighted by Gasteiger charge is -2.36. The fourth-order valence-electron chi connectivity index (χ4n) is 4.03. The molecule has 0 spiro atoms. The van der Waals surface area contributed by atoms with Gasteiger partial charge in [0, 0.05) is 12.1 Å². The zero-order valence-corrected chi connectivity index (χ0v) is 14.1. The number of aliphatic hydroxyl groups excluding tert-OH is 1. The standard InChI is InChI=1S/C18H35NO2/c1-3-15-9-5-6-10-17(15)21-14-16(20)13-19-18(2)11-7-4-8-12-18/h15-17,19-20H,3-14H2,1-2H3. The van der Waals surface area contributed by atoms with Gasteiger partial charge in [-0.1, -0.05) is 45.4 Å². The van der Waals surface area contributed by atoms with Gasteiger partial charge in [0.25, 0.3) is 0 Å². The van der Waals surface area contributed by atoms with Gasteiger partial charge >= 0.3 is 0 Å².